The number of benzene rings is 2. The maximum absolute atomic E-state index is 3.58. The summed E-state index contributed by atoms with van der Waals surface area (Å²) in [6, 6.07) is 20.9. The molecular formula is C17H11S. The van der Waals surface area contributed by atoms with E-state index in [9.17, 15) is 0 Å². The van der Waals surface area contributed by atoms with Crippen molar-refractivity contribution in [2.75, 3.05) is 0 Å². The third-order valence-electron chi connectivity index (χ3n) is 3.49. The topological polar surface area (TPSA) is 0 Å². The van der Waals surface area contributed by atoms with Crippen LogP contribution in [0.2, 0.25) is 0 Å². The lowest BCUT2D eigenvalue weighted by atomic mass is 10.0. The van der Waals surface area contributed by atoms with Crippen molar-refractivity contribution in [2.24, 2.45) is 0 Å². The Bertz CT molecular complexity index is 708. The van der Waals surface area contributed by atoms with E-state index < -0.39 is 0 Å². The third-order valence-corrected chi connectivity index (χ3v) is 4.39. The molecule has 2 aromatic carbocycles. The van der Waals surface area contributed by atoms with Crippen LogP contribution in [0.15, 0.2) is 53.9 Å². The molecule has 1 aliphatic carbocycles. The first-order chi connectivity index (χ1) is 8.92. The number of hydrogen-bond acceptors (Lipinski definition) is 1. The highest BCUT2D eigenvalue weighted by Crippen LogP contribution is 2.38. The van der Waals surface area contributed by atoms with Crippen molar-refractivity contribution in [2.45, 2.75) is 6.42 Å². The SMILES string of the molecule is [c]1c(-c2cccs2)ccc2c1Cc1ccccc1-2. The minimum absolute atomic E-state index is 1.02. The van der Waals surface area contributed by atoms with E-state index in [4.69, 9.17) is 0 Å². The molecule has 1 heterocycles. The molecule has 0 unspecified atom stereocenters. The average Bonchev–Trinajstić information content (AvgIpc) is 3.05. The van der Waals surface area contributed by atoms with E-state index in [1.165, 1.54) is 32.7 Å². The Balaban J connectivity index is 1.87. The van der Waals surface area contributed by atoms with Gasteiger partial charge < -0.3 is 0 Å². The summed E-state index contributed by atoms with van der Waals surface area (Å²) in [4.78, 5) is 1.30. The van der Waals surface area contributed by atoms with Crippen LogP contribution in [0.25, 0.3) is 21.6 Å². The molecule has 85 valence electrons. The molecule has 0 bridgehead atoms. The van der Waals surface area contributed by atoms with Crippen molar-refractivity contribution in [1.82, 2.24) is 0 Å². The van der Waals surface area contributed by atoms with Crippen molar-refractivity contribution < 1.29 is 0 Å². The molecule has 1 aliphatic rings. The third kappa shape index (κ3) is 1.44. The Morgan fingerprint density at radius 3 is 2.72 bits per heavy atom. The Morgan fingerprint density at radius 2 is 1.83 bits per heavy atom. The van der Waals surface area contributed by atoms with E-state index in [0.717, 1.165) is 6.42 Å². The Morgan fingerprint density at radius 1 is 0.889 bits per heavy atom. The molecular weight excluding hydrogens is 236 g/mol. The fraction of sp³-hybridized carbons (Fsp3) is 0.0588. The standard InChI is InChI=1S/C17H11S/c1-2-5-15-12(4-1)10-14-11-13(7-8-16(14)15)17-6-3-9-18-17/h1-9H,10H2. The van der Waals surface area contributed by atoms with Crippen LogP contribution in [0.4, 0.5) is 0 Å². The van der Waals surface area contributed by atoms with E-state index >= 15 is 0 Å². The van der Waals surface area contributed by atoms with Crippen LogP contribution in [0.1, 0.15) is 11.1 Å². The molecule has 0 spiro atoms. The minimum atomic E-state index is 1.02. The molecule has 1 aromatic heterocycles. The van der Waals surface area contributed by atoms with Gasteiger partial charge in [0.05, 0.1) is 0 Å². The van der Waals surface area contributed by atoms with Gasteiger partial charge in [-0.05, 0) is 51.8 Å². The highest BCUT2D eigenvalue weighted by Gasteiger charge is 2.18. The first-order valence-corrected chi connectivity index (χ1v) is 6.97. The molecule has 0 aliphatic heterocycles. The van der Waals surface area contributed by atoms with Gasteiger partial charge in [0, 0.05) is 4.88 Å². The molecule has 3 aromatic rings. The smallest absolute Gasteiger partial charge is 0.0349 e. The maximum atomic E-state index is 3.58. The van der Waals surface area contributed by atoms with E-state index in [1.54, 1.807) is 11.3 Å². The summed E-state index contributed by atoms with van der Waals surface area (Å²) in [5.74, 6) is 0. The lowest BCUT2D eigenvalue weighted by Crippen LogP contribution is -1.82. The van der Waals surface area contributed by atoms with E-state index in [0.29, 0.717) is 0 Å². The largest absolute Gasteiger partial charge is 0.144 e. The summed E-state index contributed by atoms with van der Waals surface area (Å²) in [5, 5.41) is 2.12. The molecule has 0 fully saturated rings. The first-order valence-electron chi connectivity index (χ1n) is 6.09. The second kappa shape index (κ2) is 3.82. The molecule has 0 atom stereocenters. The van der Waals surface area contributed by atoms with Crippen molar-refractivity contribution in [3.05, 3.63) is 71.1 Å². The van der Waals surface area contributed by atoms with E-state index in [2.05, 4.69) is 60.0 Å². The Kier molecular flexibility index (Phi) is 2.14. The predicted molar refractivity (Wildman–Crippen MR) is 76.8 cm³/mol. The number of fused-ring (bicyclic) bond motifs is 3. The zero-order valence-corrected chi connectivity index (χ0v) is 10.6. The van der Waals surface area contributed by atoms with Crippen molar-refractivity contribution >= 4 is 11.3 Å². The van der Waals surface area contributed by atoms with Crippen LogP contribution in [0, 0.1) is 6.07 Å². The lowest BCUT2D eigenvalue weighted by molar-refractivity contribution is 1.26. The van der Waals surface area contributed by atoms with Crippen LogP contribution in [-0.2, 0) is 6.42 Å². The van der Waals surface area contributed by atoms with Gasteiger partial charge in [0.15, 0.2) is 0 Å². The number of hydrogen-bond donors (Lipinski definition) is 0. The van der Waals surface area contributed by atoms with Gasteiger partial charge in [0.1, 0.15) is 0 Å². The summed E-state index contributed by atoms with van der Waals surface area (Å²) in [7, 11) is 0. The highest BCUT2D eigenvalue weighted by molar-refractivity contribution is 7.13. The number of rotatable bonds is 1. The van der Waals surface area contributed by atoms with Crippen LogP contribution >= 0.6 is 11.3 Å². The van der Waals surface area contributed by atoms with Gasteiger partial charge >= 0.3 is 0 Å². The first kappa shape index (κ1) is 10.1. The van der Waals surface area contributed by atoms with Gasteiger partial charge in [0.2, 0.25) is 0 Å². The molecule has 18 heavy (non-hydrogen) atoms. The minimum Gasteiger partial charge on any atom is -0.144 e. The second-order valence-corrected chi connectivity index (χ2v) is 5.52. The summed E-state index contributed by atoms with van der Waals surface area (Å²) < 4.78 is 0. The predicted octanol–water partition coefficient (Wildman–Crippen LogP) is 4.79. The van der Waals surface area contributed by atoms with Crippen molar-refractivity contribution in [3.8, 4) is 21.6 Å². The van der Waals surface area contributed by atoms with Crippen molar-refractivity contribution in [1.29, 1.82) is 0 Å². The molecule has 0 nitrogen and oxygen atoms in total. The van der Waals surface area contributed by atoms with Crippen molar-refractivity contribution in [3.63, 3.8) is 0 Å². The van der Waals surface area contributed by atoms with E-state index in [-0.39, 0.29) is 0 Å². The quantitative estimate of drug-likeness (QED) is 0.454. The Labute approximate surface area is 111 Å². The number of thiophene rings is 1. The molecule has 1 heteroatoms. The summed E-state index contributed by atoms with van der Waals surface area (Å²) in [5.41, 5.74) is 6.71. The molecule has 0 N–H and O–H groups in total. The van der Waals surface area contributed by atoms with Crippen LogP contribution in [0.3, 0.4) is 0 Å². The van der Waals surface area contributed by atoms with Crippen LogP contribution in [0.5, 0.6) is 0 Å². The average molecular weight is 247 g/mol. The highest BCUT2D eigenvalue weighted by atomic mass is 32.1. The van der Waals surface area contributed by atoms with Gasteiger partial charge in [-0.15, -0.1) is 11.3 Å². The summed E-state index contributed by atoms with van der Waals surface area (Å²) >= 11 is 1.77. The Hall–Kier alpha value is -1.86. The van der Waals surface area contributed by atoms with Gasteiger partial charge in [-0.2, -0.15) is 0 Å². The molecule has 1 radical (unpaired) electrons. The fourth-order valence-electron chi connectivity index (χ4n) is 2.63. The van der Waals surface area contributed by atoms with Gasteiger partial charge in [-0.3, -0.25) is 0 Å². The van der Waals surface area contributed by atoms with Gasteiger partial charge in [-0.1, -0.05) is 42.5 Å². The van der Waals surface area contributed by atoms with Crippen LogP contribution in [-0.4, -0.2) is 0 Å². The molecule has 0 saturated carbocycles. The van der Waals surface area contributed by atoms with Crippen LogP contribution < -0.4 is 0 Å². The maximum Gasteiger partial charge on any atom is 0.0349 e. The summed E-state index contributed by atoms with van der Waals surface area (Å²) in [6.07, 6.45) is 1.02. The fourth-order valence-corrected chi connectivity index (χ4v) is 3.34. The zero-order valence-electron chi connectivity index (χ0n) is 9.81. The zero-order chi connectivity index (χ0) is 11.9. The van der Waals surface area contributed by atoms with Gasteiger partial charge in [0.25, 0.3) is 0 Å². The molecule has 0 amide bonds. The molecule has 0 saturated heterocycles. The van der Waals surface area contributed by atoms with E-state index in [1.807, 2.05) is 0 Å². The monoisotopic (exact) mass is 247 g/mol. The lowest BCUT2D eigenvalue weighted by Gasteiger charge is -2.02. The summed E-state index contributed by atoms with van der Waals surface area (Å²) in [6.45, 7) is 0. The second-order valence-electron chi connectivity index (χ2n) is 4.58. The van der Waals surface area contributed by atoms with Gasteiger partial charge in [-0.25, -0.2) is 0 Å². The normalized spacial score (nSPS) is 12.2. The molecule has 4 rings (SSSR count).